The molecule has 1 aromatic heterocycles. The third kappa shape index (κ3) is 9.55. The second kappa shape index (κ2) is 17.7. The first-order valence-corrected chi connectivity index (χ1v) is 18.9. The standard InChI is InChI=1S/C37H42N4O8SSi/c1-6-21-48-36(46)38-26-19-17-25(18-20-26)34-41-31(24-50-34)33(44)40-30(32(43)39-29(22-42)35(45)47-5)23-49-51(37(2,3)4,27-13-9-7-10-14-27)28-15-11-8-12-16-28/h6-20,24,29-30,42H,1,21-23H2,2-5H3,(H,38,46)(H,39,43)(H,40,44)/t29-,30-/m0/s1. The van der Waals surface area contributed by atoms with Gasteiger partial charge in [0.25, 0.3) is 14.2 Å². The average Bonchev–Trinajstić information content (AvgIpc) is 3.63. The molecular weight excluding hydrogens is 689 g/mol. The molecule has 0 spiro atoms. The Morgan fingerprint density at radius 2 is 1.53 bits per heavy atom. The molecular formula is C37H42N4O8SSi. The van der Waals surface area contributed by atoms with Gasteiger partial charge >= 0.3 is 12.1 Å². The third-order valence-corrected chi connectivity index (χ3v) is 13.8. The summed E-state index contributed by atoms with van der Waals surface area (Å²) in [6.07, 6.45) is 0.843. The van der Waals surface area contributed by atoms with Gasteiger partial charge in [-0.3, -0.25) is 14.9 Å². The normalized spacial score (nSPS) is 12.6. The van der Waals surface area contributed by atoms with Crippen molar-refractivity contribution in [3.63, 3.8) is 0 Å². The maximum atomic E-state index is 13.8. The highest BCUT2D eigenvalue weighted by atomic mass is 32.1. The number of hydrogen-bond donors (Lipinski definition) is 4. The lowest BCUT2D eigenvalue weighted by atomic mass is 10.2. The fraction of sp³-hybridized carbons (Fsp3) is 0.270. The Bertz CT molecular complexity index is 1760. The molecule has 0 bridgehead atoms. The van der Waals surface area contributed by atoms with Crippen molar-refractivity contribution in [1.29, 1.82) is 0 Å². The van der Waals surface area contributed by atoms with Crippen molar-refractivity contribution < 1.29 is 38.2 Å². The molecule has 2 atom stereocenters. The summed E-state index contributed by atoms with van der Waals surface area (Å²) < 4.78 is 16.6. The first-order chi connectivity index (χ1) is 24.4. The van der Waals surface area contributed by atoms with Crippen LogP contribution in [0.2, 0.25) is 5.04 Å². The molecule has 0 fully saturated rings. The Morgan fingerprint density at radius 1 is 0.922 bits per heavy atom. The molecule has 0 aliphatic carbocycles. The highest BCUT2D eigenvalue weighted by molar-refractivity contribution is 7.13. The van der Waals surface area contributed by atoms with E-state index in [1.54, 1.807) is 29.6 Å². The predicted octanol–water partition coefficient (Wildman–Crippen LogP) is 3.87. The Labute approximate surface area is 302 Å². The van der Waals surface area contributed by atoms with Crippen LogP contribution in [0.25, 0.3) is 10.6 Å². The lowest BCUT2D eigenvalue weighted by Gasteiger charge is -2.43. The smallest absolute Gasteiger partial charge is 0.411 e. The molecule has 14 heteroatoms. The average molecular weight is 731 g/mol. The van der Waals surface area contributed by atoms with Crippen LogP contribution in [0.5, 0.6) is 0 Å². The van der Waals surface area contributed by atoms with Crippen molar-refractivity contribution in [1.82, 2.24) is 15.6 Å². The van der Waals surface area contributed by atoms with Crippen LogP contribution in [0.4, 0.5) is 10.5 Å². The molecule has 51 heavy (non-hydrogen) atoms. The number of aliphatic hydroxyl groups excluding tert-OH is 1. The van der Waals surface area contributed by atoms with Crippen molar-refractivity contribution in [2.45, 2.75) is 37.9 Å². The molecule has 0 aliphatic rings. The van der Waals surface area contributed by atoms with Gasteiger partial charge in [0.1, 0.15) is 23.4 Å². The number of benzene rings is 3. The predicted molar refractivity (Wildman–Crippen MR) is 199 cm³/mol. The summed E-state index contributed by atoms with van der Waals surface area (Å²) in [7, 11) is -2.01. The van der Waals surface area contributed by atoms with Crippen LogP contribution in [0.15, 0.2) is 103 Å². The van der Waals surface area contributed by atoms with E-state index in [0.717, 1.165) is 17.5 Å². The van der Waals surface area contributed by atoms with Crippen molar-refractivity contribution in [2.75, 3.05) is 32.2 Å². The van der Waals surface area contributed by atoms with Crippen LogP contribution < -0.4 is 26.3 Å². The number of ether oxygens (including phenoxy) is 2. The zero-order chi connectivity index (χ0) is 37.0. The van der Waals surface area contributed by atoms with Gasteiger partial charge in [0.15, 0.2) is 6.04 Å². The van der Waals surface area contributed by atoms with Crippen molar-refractivity contribution in [3.8, 4) is 10.6 Å². The van der Waals surface area contributed by atoms with E-state index < -0.39 is 55.9 Å². The lowest BCUT2D eigenvalue weighted by molar-refractivity contribution is -0.146. The summed E-state index contributed by atoms with van der Waals surface area (Å²) >= 11 is 1.22. The zero-order valence-electron chi connectivity index (χ0n) is 28.9. The number of nitrogens with one attached hydrogen (secondary N) is 3. The molecule has 12 nitrogen and oxygen atoms in total. The molecule has 1 heterocycles. The van der Waals surface area contributed by atoms with E-state index >= 15 is 0 Å². The monoisotopic (exact) mass is 730 g/mol. The van der Waals surface area contributed by atoms with Crippen LogP contribution in [0.1, 0.15) is 31.3 Å². The van der Waals surface area contributed by atoms with Crippen LogP contribution >= 0.6 is 11.3 Å². The van der Waals surface area contributed by atoms with E-state index in [-0.39, 0.29) is 18.9 Å². The summed E-state index contributed by atoms with van der Waals surface area (Å²) in [5.74, 6) is -2.25. The topological polar surface area (TPSA) is 165 Å². The molecule has 3 aromatic carbocycles. The number of aromatic nitrogens is 1. The maximum absolute atomic E-state index is 13.8. The number of aliphatic hydroxyl groups is 1. The maximum Gasteiger partial charge on any atom is 0.411 e. The van der Waals surface area contributed by atoms with E-state index in [1.165, 1.54) is 17.4 Å². The zero-order valence-corrected chi connectivity index (χ0v) is 30.7. The molecule has 0 unspecified atom stereocenters. The Morgan fingerprint density at radius 3 is 2.06 bits per heavy atom. The summed E-state index contributed by atoms with van der Waals surface area (Å²) in [4.78, 5) is 56.0. The number of carbonyl (C=O) groups is 4. The number of nitrogens with zero attached hydrogens (tertiary/aromatic N) is 1. The third-order valence-electron chi connectivity index (χ3n) is 7.94. The van der Waals surface area contributed by atoms with Crippen LogP contribution in [-0.2, 0) is 23.5 Å². The number of hydrogen-bond acceptors (Lipinski definition) is 10. The van der Waals surface area contributed by atoms with Gasteiger partial charge < -0.3 is 29.6 Å². The van der Waals surface area contributed by atoms with Gasteiger partial charge in [-0.25, -0.2) is 14.6 Å². The highest BCUT2D eigenvalue weighted by Gasteiger charge is 2.50. The molecule has 4 aromatic rings. The largest absolute Gasteiger partial charge is 0.467 e. The van der Waals surface area contributed by atoms with Gasteiger partial charge in [-0.05, 0) is 39.7 Å². The van der Waals surface area contributed by atoms with Crippen LogP contribution in [-0.4, -0.2) is 81.3 Å². The highest BCUT2D eigenvalue weighted by Crippen LogP contribution is 2.37. The molecule has 0 saturated carbocycles. The number of methoxy groups -OCH3 is 1. The first kappa shape index (κ1) is 38.6. The second-order valence-corrected chi connectivity index (χ2v) is 17.6. The number of rotatable bonds is 15. The summed E-state index contributed by atoms with van der Waals surface area (Å²) in [5, 5.41) is 21.3. The number of amides is 3. The minimum Gasteiger partial charge on any atom is -0.467 e. The van der Waals surface area contributed by atoms with Crippen molar-refractivity contribution in [3.05, 3.63) is 109 Å². The first-order valence-electron chi connectivity index (χ1n) is 16.1. The number of carbonyl (C=O) groups excluding carboxylic acids is 4. The molecule has 3 amide bonds. The minimum absolute atomic E-state index is 0.0557. The molecule has 268 valence electrons. The Balaban J connectivity index is 1.62. The molecule has 4 rings (SSSR count). The van der Waals surface area contributed by atoms with Gasteiger partial charge in [-0.1, -0.05) is 94.1 Å². The van der Waals surface area contributed by atoms with Crippen molar-refractivity contribution >= 4 is 59.6 Å². The van der Waals surface area contributed by atoms with E-state index in [0.29, 0.717) is 16.3 Å². The number of esters is 1. The molecule has 0 saturated heterocycles. The van der Waals surface area contributed by atoms with Gasteiger partial charge in [-0.2, -0.15) is 0 Å². The molecule has 4 N–H and O–H groups in total. The summed E-state index contributed by atoms with van der Waals surface area (Å²) in [5.41, 5.74) is 1.25. The van der Waals surface area contributed by atoms with Crippen molar-refractivity contribution in [2.24, 2.45) is 0 Å². The molecule has 0 aliphatic heterocycles. The van der Waals surface area contributed by atoms with Gasteiger partial charge in [0, 0.05) is 16.6 Å². The quantitative estimate of drug-likeness (QED) is 0.0808. The SMILES string of the molecule is C=CCOC(=O)Nc1ccc(-c2nc(C(=O)N[C@@H](CO[Si](c3ccccc3)(c3ccccc3)C(C)(C)C)C(=O)N[C@@H](CO)C(=O)OC)cs2)cc1. The number of anilines is 1. The Hall–Kier alpha value is -5.15. The van der Waals surface area contributed by atoms with Gasteiger partial charge in [0.2, 0.25) is 5.91 Å². The molecule has 0 radical (unpaired) electrons. The Kier molecular flexibility index (Phi) is 13.4. The van der Waals surface area contributed by atoms with Crippen LogP contribution in [0, 0.1) is 0 Å². The van der Waals surface area contributed by atoms with E-state index in [9.17, 15) is 24.3 Å². The van der Waals surface area contributed by atoms with Gasteiger partial charge in [-0.15, -0.1) is 11.3 Å². The fourth-order valence-electron chi connectivity index (χ4n) is 5.47. The van der Waals surface area contributed by atoms with E-state index in [1.807, 2.05) is 60.7 Å². The minimum atomic E-state index is -3.15. The summed E-state index contributed by atoms with van der Waals surface area (Å²) in [6, 6.07) is 23.8. The second-order valence-electron chi connectivity index (χ2n) is 12.4. The van der Waals surface area contributed by atoms with Crippen LogP contribution in [0.3, 0.4) is 0 Å². The summed E-state index contributed by atoms with van der Waals surface area (Å²) in [6.45, 7) is 8.86. The number of thiazole rings is 1. The fourth-order valence-corrected chi connectivity index (χ4v) is 10.9. The lowest BCUT2D eigenvalue weighted by Crippen LogP contribution is -2.68. The van der Waals surface area contributed by atoms with E-state index in [2.05, 4.69) is 48.3 Å². The van der Waals surface area contributed by atoms with E-state index in [4.69, 9.17) is 13.9 Å². The van der Waals surface area contributed by atoms with Gasteiger partial charge in [0.05, 0.1) is 20.3 Å².